The van der Waals surface area contributed by atoms with Crippen LogP contribution in [0.3, 0.4) is 0 Å². The molecular formula is C21H37NO8. The Kier molecular flexibility index (Phi) is 13.3. The molecule has 9 nitrogen and oxygen atoms in total. The highest BCUT2D eigenvalue weighted by molar-refractivity contribution is 5.71. The molecule has 1 heterocycles. The minimum Gasteiger partial charge on any atom is -0.456 e. The van der Waals surface area contributed by atoms with Crippen molar-refractivity contribution in [2.24, 2.45) is 5.73 Å². The number of hydrogen-bond acceptors (Lipinski definition) is 9. The summed E-state index contributed by atoms with van der Waals surface area (Å²) < 4.78 is 28.1. The first-order valence-corrected chi connectivity index (χ1v) is 11.0. The highest BCUT2D eigenvalue weighted by Crippen LogP contribution is 2.26. The predicted octanol–water partition coefficient (Wildman–Crippen LogP) is 2.23. The monoisotopic (exact) mass is 431 g/mol. The zero-order valence-corrected chi connectivity index (χ0v) is 18.4. The van der Waals surface area contributed by atoms with Gasteiger partial charge in [-0.3, -0.25) is 14.4 Å². The average molecular weight is 432 g/mol. The first kappa shape index (κ1) is 26.3. The van der Waals surface area contributed by atoms with Gasteiger partial charge in [0, 0.05) is 25.9 Å². The summed E-state index contributed by atoms with van der Waals surface area (Å²) in [6, 6.07) is 0. The van der Waals surface area contributed by atoms with Gasteiger partial charge < -0.3 is 29.4 Å². The summed E-state index contributed by atoms with van der Waals surface area (Å²) in [6.07, 6.45) is 0.0924. The van der Waals surface area contributed by atoms with E-state index < -0.39 is 42.5 Å². The van der Waals surface area contributed by atoms with Crippen molar-refractivity contribution in [3.63, 3.8) is 0 Å². The molecule has 0 aromatic rings. The first-order chi connectivity index (χ1) is 14.5. The molecule has 0 aliphatic carbocycles. The fraction of sp³-hybridized carbons (Fsp3) is 0.857. The quantitative estimate of drug-likeness (QED) is 0.250. The van der Waals surface area contributed by atoms with Gasteiger partial charge in [0.2, 0.25) is 0 Å². The van der Waals surface area contributed by atoms with Gasteiger partial charge in [-0.15, -0.1) is 0 Å². The van der Waals surface area contributed by atoms with Crippen LogP contribution in [0.4, 0.5) is 0 Å². The van der Waals surface area contributed by atoms with Crippen LogP contribution < -0.4 is 5.73 Å². The van der Waals surface area contributed by atoms with E-state index in [0.29, 0.717) is 38.8 Å². The van der Waals surface area contributed by atoms with E-state index in [1.165, 1.54) is 0 Å². The fourth-order valence-corrected chi connectivity index (χ4v) is 2.96. The van der Waals surface area contributed by atoms with Crippen molar-refractivity contribution in [3.05, 3.63) is 0 Å². The van der Waals surface area contributed by atoms with Crippen LogP contribution in [0.1, 0.15) is 72.1 Å². The molecule has 0 amide bonds. The Balaban J connectivity index is 3.02. The zero-order valence-electron chi connectivity index (χ0n) is 18.4. The van der Waals surface area contributed by atoms with Crippen molar-refractivity contribution in [3.8, 4) is 0 Å². The molecule has 1 fully saturated rings. The number of rotatable bonds is 14. The maximum Gasteiger partial charge on any atom is 0.306 e. The highest BCUT2D eigenvalue weighted by atomic mass is 16.7. The largest absolute Gasteiger partial charge is 0.456 e. The molecule has 0 saturated carbocycles. The molecule has 0 aromatic heterocycles. The Morgan fingerprint density at radius 3 is 1.90 bits per heavy atom. The number of carbonyl (C=O) groups excluding carboxylic acids is 3. The van der Waals surface area contributed by atoms with Gasteiger partial charge in [0.25, 0.3) is 0 Å². The molecule has 1 aliphatic heterocycles. The number of esters is 3. The maximum absolute atomic E-state index is 12.2. The minimum absolute atomic E-state index is 0.0249. The van der Waals surface area contributed by atoms with Crippen LogP contribution in [0.5, 0.6) is 0 Å². The van der Waals surface area contributed by atoms with Crippen molar-refractivity contribution < 1.29 is 38.1 Å². The lowest BCUT2D eigenvalue weighted by Crippen LogP contribution is -2.58. The third-order valence-corrected chi connectivity index (χ3v) is 4.44. The van der Waals surface area contributed by atoms with Gasteiger partial charge in [-0.05, 0) is 38.6 Å². The standard InChI is InChI=1S/C21H37NO8/c1-4-9-16(23)28-15-14-27-21(26-13-8-7-12-22)20(30-18(25)11-6-3)19(15)29-17(24)10-5-2/h15,19-21H,4-14,22H2,1-3H3/t15-,19-,20+,21-/m0/s1. The van der Waals surface area contributed by atoms with Gasteiger partial charge in [0.15, 0.2) is 24.6 Å². The Labute approximate surface area is 178 Å². The van der Waals surface area contributed by atoms with Crippen molar-refractivity contribution in [1.29, 1.82) is 0 Å². The summed E-state index contributed by atoms with van der Waals surface area (Å²) in [5.41, 5.74) is 5.51. The molecule has 0 spiro atoms. The number of carbonyl (C=O) groups is 3. The smallest absolute Gasteiger partial charge is 0.306 e. The maximum atomic E-state index is 12.2. The summed E-state index contributed by atoms with van der Waals surface area (Å²) in [6.45, 7) is 6.43. The third-order valence-electron chi connectivity index (χ3n) is 4.44. The van der Waals surface area contributed by atoms with Gasteiger partial charge >= 0.3 is 17.9 Å². The van der Waals surface area contributed by atoms with Crippen molar-refractivity contribution in [2.45, 2.75) is 96.7 Å². The Morgan fingerprint density at radius 2 is 1.37 bits per heavy atom. The Hall–Kier alpha value is -1.71. The van der Waals surface area contributed by atoms with E-state index in [9.17, 15) is 14.4 Å². The molecule has 0 aromatic carbocycles. The highest BCUT2D eigenvalue weighted by Gasteiger charge is 2.48. The molecule has 2 N–H and O–H groups in total. The second-order valence-electron chi connectivity index (χ2n) is 7.26. The summed E-state index contributed by atoms with van der Waals surface area (Å²) in [4.78, 5) is 36.5. The fourth-order valence-electron chi connectivity index (χ4n) is 2.96. The van der Waals surface area contributed by atoms with Crippen molar-refractivity contribution in [1.82, 2.24) is 0 Å². The topological polar surface area (TPSA) is 123 Å². The SMILES string of the molecule is CCCC(=O)O[C@@H]1[C@@H](OC(=O)CCC)[C@@H](OCCCCN)OC[C@@H]1OC(=O)CCC. The zero-order chi connectivity index (χ0) is 22.4. The molecule has 30 heavy (non-hydrogen) atoms. The van der Waals surface area contributed by atoms with E-state index in [4.69, 9.17) is 29.4 Å². The first-order valence-electron chi connectivity index (χ1n) is 11.0. The van der Waals surface area contributed by atoms with Crippen LogP contribution in [0, 0.1) is 0 Å². The molecule has 0 unspecified atom stereocenters. The predicted molar refractivity (Wildman–Crippen MR) is 108 cm³/mol. The van der Waals surface area contributed by atoms with Gasteiger partial charge in [-0.2, -0.15) is 0 Å². The summed E-state index contributed by atoms with van der Waals surface area (Å²) in [5, 5.41) is 0. The van der Waals surface area contributed by atoms with Gasteiger partial charge in [-0.1, -0.05) is 20.8 Å². The van der Waals surface area contributed by atoms with Crippen LogP contribution in [-0.2, 0) is 38.1 Å². The molecule has 9 heteroatoms. The lowest BCUT2D eigenvalue weighted by molar-refractivity contribution is -0.282. The normalized spacial score (nSPS) is 23.6. The minimum atomic E-state index is -1.03. The molecule has 1 rings (SSSR count). The van der Waals surface area contributed by atoms with Gasteiger partial charge in [0.1, 0.15) is 0 Å². The Bertz CT molecular complexity index is 527. The molecule has 4 atom stereocenters. The van der Waals surface area contributed by atoms with Crippen molar-refractivity contribution >= 4 is 17.9 Å². The van der Waals surface area contributed by atoms with Crippen LogP contribution >= 0.6 is 0 Å². The van der Waals surface area contributed by atoms with E-state index in [1.54, 1.807) is 0 Å². The molecule has 174 valence electrons. The Morgan fingerprint density at radius 1 is 0.833 bits per heavy atom. The average Bonchev–Trinajstić information content (AvgIpc) is 2.69. The lowest BCUT2D eigenvalue weighted by atomic mass is 10.0. The molecule has 0 bridgehead atoms. The van der Waals surface area contributed by atoms with Gasteiger partial charge in [-0.25, -0.2) is 0 Å². The van der Waals surface area contributed by atoms with Gasteiger partial charge in [0.05, 0.1) is 6.61 Å². The number of hydrogen-bond donors (Lipinski definition) is 1. The number of nitrogens with two attached hydrogens (primary N) is 1. The summed E-state index contributed by atoms with van der Waals surface area (Å²) >= 11 is 0. The van der Waals surface area contributed by atoms with E-state index >= 15 is 0 Å². The molecule has 0 radical (unpaired) electrons. The second-order valence-corrected chi connectivity index (χ2v) is 7.26. The van der Waals surface area contributed by atoms with E-state index in [2.05, 4.69) is 0 Å². The third kappa shape index (κ3) is 9.40. The number of unbranched alkanes of at least 4 members (excludes halogenated alkanes) is 1. The molecule has 1 saturated heterocycles. The van der Waals surface area contributed by atoms with Crippen LogP contribution in [-0.4, -0.2) is 62.3 Å². The van der Waals surface area contributed by atoms with Crippen LogP contribution in [0.2, 0.25) is 0 Å². The van der Waals surface area contributed by atoms with E-state index in [-0.39, 0.29) is 25.9 Å². The number of ether oxygens (including phenoxy) is 5. The van der Waals surface area contributed by atoms with Crippen LogP contribution in [0.15, 0.2) is 0 Å². The van der Waals surface area contributed by atoms with Crippen LogP contribution in [0.25, 0.3) is 0 Å². The summed E-state index contributed by atoms with van der Waals surface area (Å²) in [7, 11) is 0. The van der Waals surface area contributed by atoms with E-state index in [0.717, 1.165) is 6.42 Å². The molecule has 1 aliphatic rings. The second kappa shape index (κ2) is 15.1. The van der Waals surface area contributed by atoms with Crippen molar-refractivity contribution in [2.75, 3.05) is 19.8 Å². The van der Waals surface area contributed by atoms with E-state index in [1.807, 2.05) is 20.8 Å². The lowest BCUT2D eigenvalue weighted by Gasteiger charge is -2.40. The molecular weight excluding hydrogens is 394 g/mol. The summed E-state index contributed by atoms with van der Waals surface area (Å²) in [5.74, 6) is -1.35.